The Morgan fingerprint density at radius 1 is 0.944 bits per heavy atom. The summed E-state index contributed by atoms with van der Waals surface area (Å²) in [5.41, 5.74) is -1.21. The van der Waals surface area contributed by atoms with Gasteiger partial charge in [-0.1, -0.05) is 18.6 Å². The molecule has 0 radical (unpaired) electrons. The molecule has 1 amide bonds. The van der Waals surface area contributed by atoms with Gasteiger partial charge in [-0.3, -0.25) is 14.5 Å². The van der Waals surface area contributed by atoms with Gasteiger partial charge in [0.1, 0.15) is 16.7 Å². The van der Waals surface area contributed by atoms with Crippen LogP contribution < -0.4 is 4.90 Å². The summed E-state index contributed by atoms with van der Waals surface area (Å²) in [5.74, 6) is -0.153. The number of hydrogen-bond donors (Lipinski definition) is 1. The molecule has 294 valence electrons. The molecular formula is C41H54F2N4O6S. The van der Waals surface area contributed by atoms with E-state index >= 15 is 4.39 Å². The van der Waals surface area contributed by atoms with Crippen LogP contribution in [0.4, 0.5) is 14.5 Å². The molecular weight excluding hydrogens is 715 g/mol. The standard InChI is InChI=1S/C41H54F2N4O6S/c1-53-37(48)21-29-5-2-8-36(29)41(28-44-17-4-18-44,31-6-3-7-32(42)22-31)30-13-19-45(20-14-30)25-39(43)26-47(27-39)33-9-11-34(12-10-33)54(51,52)35-23-46(24-35)38(49)40(50)15-16-40/h3,6-7,9-12,22,29-30,35-36,50H,2,4-5,8,13-21,23-28H2,1H3/t29-,36+,41+/m1/s1. The Morgan fingerprint density at radius 3 is 2.26 bits per heavy atom. The Hall–Kier alpha value is -3.13. The highest BCUT2D eigenvalue weighted by Crippen LogP contribution is 2.54. The first kappa shape index (κ1) is 37.8. The first-order chi connectivity index (χ1) is 25.8. The number of esters is 1. The average Bonchev–Trinajstić information content (AvgIpc) is 3.70. The van der Waals surface area contributed by atoms with Crippen molar-refractivity contribution in [2.75, 3.05) is 77.5 Å². The van der Waals surface area contributed by atoms with Gasteiger partial charge in [-0.05, 0) is 131 Å². The van der Waals surface area contributed by atoms with Gasteiger partial charge in [0, 0.05) is 43.7 Å². The summed E-state index contributed by atoms with van der Waals surface area (Å²) in [5, 5.41) is 9.38. The van der Waals surface area contributed by atoms with Crippen molar-refractivity contribution in [2.24, 2.45) is 17.8 Å². The summed E-state index contributed by atoms with van der Waals surface area (Å²) in [6.07, 6.45) is 7.12. The molecule has 0 bridgehead atoms. The summed E-state index contributed by atoms with van der Waals surface area (Å²) in [6.45, 7) is 5.32. The summed E-state index contributed by atoms with van der Waals surface area (Å²) in [7, 11) is -2.19. The number of ether oxygens (including phenoxy) is 1. The summed E-state index contributed by atoms with van der Waals surface area (Å²) in [4.78, 5) is 33.2. The number of alkyl halides is 1. The van der Waals surface area contributed by atoms with E-state index in [-0.39, 0.29) is 71.9 Å². The predicted molar refractivity (Wildman–Crippen MR) is 200 cm³/mol. The topological polar surface area (TPSA) is 111 Å². The van der Waals surface area contributed by atoms with E-state index in [2.05, 4.69) is 15.9 Å². The third-order valence-corrected chi connectivity index (χ3v) is 15.9. The molecule has 10 nitrogen and oxygen atoms in total. The second-order valence-corrected chi connectivity index (χ2v) is 19.4. The van der Waals surface area contributed by atoms with Gasteiger partial charge in [0.2, 0.25) is 0 Å². The number of sulfone groups is 1. The molecule has 4 saturated heterocycles. The fourth-order valence-electron chi connectivity index (χ4n) is 10.4. The molecule has 3 atom stereocenters. The third kappa shape index (κ3) is 7.07. The second kappa shape index (κ2) is 14.4. The molecule has 4 aliphatic heterocycles. The number of methoxy groups -OCH3 is 1. The number of hydrogen-bond acceptors (Lipinski definition) is 9. The van der Waals surface area contributed by atoms with Crippen LogP contribution in [-0.2, 0) is 29.6 Å². The van der Waals surface area contributed by atoms with Crippen molar-refractivity contribution in [3.05, 3.63) is 59.9 Å². The van der Waals surface area contributed by atoms with Crippen molar-refractivity contribution in [1.29, 1.82) is 0 Å². The second-order valence-electron chi connectivity index (χ2n) is 17.2. The molecule has 0 aromatic heterocycles. The van der Waals surface area contributed by atoms with Crippen LogP contribution >= 0.6 is 0 Å². The van der Waals surface area contributed by atoms with E-state index in [1.165, 1.54) is 18.1 Å². The van der Waals surface area contributed by atoms with Gasteiger partial charge in [0.25, 0.3) is 5.91 Å². The Morgan fingerprint density at radius 2 is 1.65 bits per heavy atom. The zero-order chi connectivity index (χ0) is 37.9. The number of anilines is 1. The number of rotatable bonds is 13. The van der Waals surface area contributed by atoms with E-state index in [4.69, 9.17) is 4.74 Å². The van der Waals surface area contributed by atoms with E-state index in [9.17, 15) is 27.5 Å². The maximum atomic E-state index is 16.2. The van der Waals surface area contributed by atoms with Crippen LogP contribution in [0.5, 0.6) is 0 Å². The van der Waals surface area contributed by atoms with Crippen molar-refractivity contribution in [2.45, 2.75) is 84.6 Å². The summed E-state index contributed by atoms with van der Waals surface area (Å²) >= 11 is 0. The molecule has 4 heterocycles. The SMILES string of the molecule is COC(=O)C[C@H]1CCC[C@@H]1[C@](CN1CCC1)(c1cccc(F)c1)C1CCN(CC2(F)CN(c3ccc(S(=O)(=O)C4CN(C(=O)C5(O)CC5)C4)cc3)C2)CC1. The molecule has 54 heavy (non-hydrogen) atoms. The van der Waals surface area contributed by atoms with Gasteiger partial charge >= 0.3 is 5.97 Å². The lowest BCUT2D eigenvalue weighted by Crippen LogP contribution is -2.64. The zero-order valence-corrected chi connectivity index (χ0v) is 32.1. The fourth-order valence-corrected chi connectivity index (χ4v) is 12.1. The van der Waals surface area contributed by atoms with Crippen LogP contribution in [0.3, 0.4) is 0 Å². The molecule has 6 aliphatic rings. The lowest BCUT2D eigenvalue weighted by atomic mass is 9.56. The number of nitrogens with zero attached hydrogens (tertiary/aromatic N) is 4. The molecule has 8 rings (SSSR count). The Balaban J connectivity index is 0.902. The third-order valence-electron chi connectivity index (χ3n) is 13.8. The molecule has 2 saturated carbocycles. The highest BCUT2D eigenvalue weighted by molar-refractivity contribution is 7.92. The number of piperidine rings is 1. The number of benzene rings is 2. The summed E-state index contributed by atoms with van der Waals surface area (Å²) < 4.78 is 62.8. The number of amides is 1. The van der Waals surface area contributed by atoms with Crippen molar-refractivity contribution < 1.29 is 36.6 Å². The minimum atomic E-state index is -3.64. The number of halogens is 2. The van der Waals surface area contributed by atoms with Crippen LogP contribution in [0.1, 0.15) is 63.4 Å². The van der Waals surface area contributed by atoms with Gasteiger partial charge in [0.05, 0.1) is 25.1 Å². The highest BCUT2D eigenvalue weighted by Gasteiger charge is 2.55. The van der Waals surface area contributed by atoms with E-state index in [1.807, 2.05) is 11.0 Å². The van der Waals surface area contributed by atoms with Crippen LogP contribution in [0, 0.1) is 23.6 Å². The quantitative estimate of drug-likeness (QED) is 0.300. The molecule has 6 fully saturated rings. The van der Waals surface area contributed by atoms with E-state index in [1.54, 1.807) is 30.3 Å². The maximum Gasteiger partial charge on any atom is 0.305 e. The Kier molecular flexibility index (Phi) is 10.1. The van der Waals surface area contributed by atoms with E-state index in [0.29, 0.717) is 25.8 Å². The monoisotopic (exact) mass is 768 g/mol. The van der Waals surface area contributed by atoms with Crippen LogP contribution in [0.15, 0.2) is 53.4 Å². The average molecular weight is 769 g/mol. The van der Waals surface area contributed by atoms with E-state index in [0.717, 1.165) is 82.5 Å². The molecule has 1 N–H and O–H groups in total. The lowest BCUT2D eigenvalue weighted by molar-refractivity contribution is -0.145. The predicted octanol–water partition coefficient (Wildman–Crippen LogP) is 4.20. The molecule has 2 aromatic carbocycles. The maximum absolute atomic E-state index is 16.2. The molecule has 2 aliphatic carbocycles. The van der Waals surface area contributed by atoms with Gasteiger partial charge in [0.15, 0.2) is 15.5 Å². The van der Waals surface area contributed by atoms with Gasteiger partial charge in [-0.25, -0.2) is 17.2 Å². The molecule has 2 aromatic rings. The lowest BCUT2D eigenvalue weighted by Gasteiger charge is -2.54. The van der Waals surface area contributed by atoms with Gasteiger partial charge < -0.3 is 24.5 Å². The smallest absolute Gasteiger partial charge is 0.305 e. The zero-order valence-electron chi connectivity index (χ0n) is 31.3. The normalized spacial score (nSPS) is 27.0. The van der Waals surface area contributed by atoms with E-state index < -0.39 is 26.4 Å². The van der Waals surface area contributed by atoms with Crippen molar-refractivity contribution in [3.8, 4) is 0 Å². The van der Waals surface area contributed by atoms with Crippen molar-refractivity contribution >= 4 is 27.4 Å². The summed E-state index contributed by atoms with van der Waals surface area (Å²) in [6, 6.07) is 13.7. The Bertz CT molecular complexity index is 1820. The minimum absolute atomic E-state index is 0.0830. The van der Waals surface area contributed by atoms with Crippen LogP contribution in [0.25, 0.3) is 0 Å². The van der Waals surface area contributed by atoms with Crippen LogP contribution in [-0.4, -0.2) is 129 Å². The van der Waals surface area contributed by atoms with Crippen LogP contribution in [0.2, 0.25) is 0 Å². The Labute approximate surface area is 317 Å². The number of likely N-dealkylation sites (tertiary alicyclic amines) is 3. The molecule has 13 heteroatoms. The first-order valence-corrected chi connectivity index (χ1v) is 21.4. The molecule has 0 unspecified atom stereocenters. The molecule has 0 spiro atoms. The number of carbonyl (C=O) groups is 2. The highest BCUT2D eigenvalue weighted by atomic mass is 32.2. The first-order valence-electron chi connectivity index (χ1n) is 19.9. The fraction of sp³-hybridized carbons (Fsp3) is 0.659. The number of carbonyl (C=O) groups excluding carboxylic acids is 2. The minimum Gasteiger partial charge on any atom is -0.469 e. The van der Waals surface area contributed by atoms with Gasteiger partial charge in [-0.15, -0.1) is 0 Å². The van der Waals surface area contributed by atoms with Gasteiger partial charge in [-0.2, -0.15) is 0 Å². The van der Waals surface area contributed by atoms with Crippen molar-refractivity contribution in [1.82, 2.24) is 14.7 Å². The largest absolute Gasteiger partial charge is 0.469 e. The van der Waals surface area contributed by atoms with Crippen molar-refractivity contribution in [3.63, 3.8) is 0 Å². The number of aliphatic hydroxyl groups is 1.